The molecule has 5 rings (SSSR count). The van der Waals surface area contributed by atoms with Crippen LogP contribution in [0.1, 0.15) is 33.7 Å². The number of ether oxygens (including phenoxy) is 5. The van der Waals surface area contributed by atoms with Crippen molar-refractivity contribution in [2.75, 3.05) is 13.7 Å². The summed E-state index contributed by atoms with van der Waals surface area (Å²) >= 11 is 12.3. The lowest BCUT2D eigenvalue weighted by molar-refractivity contribution is -0.136. The molecule has 1 heterocycles. The first-order chi connectivity index (χ1) is 21.1. The van der Waals surface area contributed by atoms with E-state index in [4.69, 9.17) is 52.6 Å². The molecule has 0 amide bonds. The van der Waals surface area contributed by atoms with Crippen molar-refractivity contribution in [3.05, 3.63) is 122 Å². The van der Waals surface area contributed by atoms with E-state index in [0.29, 0.717) is 38.6 Å². The Bertz CT molecular complexity index is 1790. The fourth-order valence-electron chi connectivity index (χ4n) is 4.94. The second kappa shape index (κ2) is 13.2. The fraction of sp³-hybridized carbons (Fsp3) is 0.176. The van der Waals surface area contributed by atoms with Gasteiger partial charge in [0.1, 0.15) is 35.5 Å². The van der Waals surface area contributed by atoms with E-state index in [2.05, 4.69) is 6.07 Å². The van der Waals surface area contributed by atoms with Gasteiger partial charge >= 0.3 is 5.97 Å². The van der Waals surface area contributed by atoms with Gasteiger partial charge in [0.2, 0.25) is 5.88 Å². The van der Waals surface area contributed by atoms with Crippen LogP contribution in [0.15, 0.2) is 84.3 Å². The van der Waals surface area contributed by atoms with Crippen LogP contribution in [-0.2, 0) is 11.4 Å². The molecule has 4 aromatic carbocycles. The standard InChI is InChI=1S/C34H28Cl2N2O6/c1-19-10-20(2)12-25(11-19)41-18-32(39)43-24-7-8-26-30(15-24)44-34(38)27(16-37)33(26)21-5-9-29(31(13-21)40-3)42-17-22-4-6-23(35)14-28(22)36/h4-15,33H,17-18,38H2,1-3H3. The highest BCUT2D eigenvalue weighted by atomic mass is 35.5. The Morgan fingerprint density at radius 3 is 2.41 bits per heavy atom. The number of methoxy groups -OCH3 is 1. The molecule has 8 nitrogen and oxygen atoms in total. The summed E-state index contributed by atoms with van der Waals surface area (Å²) in [5, 5.41) is 11.0. The third-order valence-corrected chi connectivity index (χ3v) is 7.48. The van der Waals surface area contributed by atoms with Gasteiger partial charge in [-0.2, -0.15) is 5.26 Å². The van der Waals surface area contributed by atoms with Crippen molar-refractivity contribution < 1.29 is 28.5 Å². The number of aryl methyl sites for hydroxylation is 2. The second-order valence-electron chi connectivity index (χ2n) is 10.1. The van der Waals surface area contributed by atoms with Crippen molar-refractivity contribution in [2.24, 2.45) is 5.73 Å². The Kier molecular flexibility index (Phi) is 9.19. The minimum atomic E-state index is -0.585. The number of halogens is 2. The molecule has 1 aliphatic heterocycles. The van der Waals surface area contributed by atoms with Crippen LogP contribution in [0.4, 0.5) is 0 Å². The number of hydrogen-bond donors (Lipinski definition) is 1. The van der Waals surface area contributed by atoms with Gasteiger partial charge in [0.05, 0.1) is 13.0 Å². The lowest BCUT2D eigenvalue weighted by Crippen LogP contribution is -2.22. The molecule has 10 heteroatoms. The van der Waals surface area contributed by atoms with Gasteiger partial charge in [0.15, 0.2) is 18.1 Å². The minimum Gasteiger partial charge on any atom is -0.493 e. The predicted octanol–water partition coefficient (Wildman–Crippen LogP) is 7.40. The number of allylic oxidation sites excluding steroid dienone is 1. The van der Waals surface area contributed by atoms with E-state index in [-0.39, 0.29) is 30.4 Å². The highest BCUT2D eigenvalue weighted by molar-refractivity contribution is 6.35. The van der Waals surface area contributed by atoms with E-state index in [1.54, 1.807) is 48.5 Å². The maximum atomic E-state index is 12.5. The molecule has 0 aliphatic carbocycles. The highest BCUT2D eigenvalue weighted by Gasteiger charge is 2.32. The number of fused-ring (bicyclic) bond motifs is 1. The average molecular weight is 632 g/mol. The summed E-state index contributed by atoms with van der Waals surface area (Å²) in [6.45, 7) is 3.82. The second-order valence-corrected chi connectivity index (χ2v) is 11.0. The Morgan fingerprint density at radius 2 is 1.70 bits per heavy atom. The van der Waals surface area contributed by atoms with Gasteiger partial charge < -0.3 is 29.4 Å². The van der Waals surface area contributed by atoms with Crippen LogP contribution in [0.5, 0.6) is 28.7 Å². The van der Waals surface area contributed by atoms with Crippen molar-refractivity contribution in [1.29, 1.82) is 5.26 Å². The van der Waals surface area contributed by atoms with Gasteiger partial charge in [-0.05, 0) is 73.0 Å². The molecule has 1 atom stereocenters. The Labute approximate surface area is 265 Å². The summed E-state index contributed by atoms with van der Waals surface area (Å²) in [4.78, 5) is 12.5. The Hall–Kier alpha value is -4.84. The van der Waals surface area contributed by atoms with Gasteiger partial charge in [0.25, 0.3) is 0 Å². The molecule has 0 spiro atoms. The molecule has 0 saturated heterocycles. The normalized spacial score (nSPS) is 13.8. The number of nitrogens with two attached hydrogens (primary N) is 1. The molecule has 1 aliphatic rings. The van der Waals surface area contributed by atoms with Gasteiger partial charge in [0, 0.05) is 27.2 Å². The number of nitriles is 1. The Balaban J connectivity index is 1.35. The van der Waals surface area contributed by atoms with Crippen LogP contribution in [0.3, 0.4) is 0 Å². The predicted molar refractivity (Wildman–Crippen MR) is 167 cm³/mol. The first-order valence-corrected chi connectivity index (χ1v) is 14.3. The molecular weight excluding hydrogens is 603 g/mol. The number of hydrogen-bond acceptors (Lipinski definition) is 8. The number of carbonyl (C=O) groups excluding carboxylic acids is 1. The largest absolute Gasteiger partial charge is 0.493 e. The smallest absolute Gasteiger partial charge is 0.349 e. The molecule has 0 fully saturated rings. The third-order valence-electron chi connectivity index (χ3n) is 6.89. The summed E-state index contributed by atoms with van der Waals surface area (Å²) in [7, 11) is 1.53. The molecule has 1 unspecified atom stereocenters. The molecule has 0 bridgehead atoms. The van der Waals surface area contributed by atoms with Crippen LogP contribution < -0.4 is 29.4 Å². The molecule has 224 valence electrons. The third kappa shape index (κ3) is 6.86. The van der Waals surface area contributed by atoms with Crippen LogP contribution in [0.2, 0.25) is 10.0 Å². The SMILES string of the molecule is COc1cc(C2C(C#N)=C(N)Oc3cc(OC(=O)COc4cc(C)cc(C)c4)ccc32)ccc1OCc1ccc(Cl)cc1Cl. The zero-order valence-corrected chi connectivity index (χ0v) is 25.7. The molecule has 2 N–H and O–H groups in total. The van der Waals surface area contributed by atoms with E-state index < -0.39 is 11.9 Å². The minimum absolute atomic E-state index is 0.0525. The Morgan fingerprint density at radius 1 is 0.932 bits per heavy atom. The summed E-state index contributed by atoms with van der Waals surface area (Å²) < 4.78 is 28.5. The van der Waals surface area contributed by atoms with E-state index >= 15 is 0 Å². The van der Waals surface area contributed by atoms with Gasteiger partial charge in [-0.15, -0.1) is 0 Å². The van der Waals surface area contributed by atoms with Crippen molar-refractivity contribution in [3.8, 4) is 34.8 Å². The summed E-state index contributed by atoms with van der Waals surface area (Å²) in [6, 6.07) is 23.3. The summed E-state index contributed by atoms with van der Waals surface area (Å²) in [6.07, 6.45) is 0. The van der Waals surface area contributed by atoms with Crippen LogP contribution in [0, 0.1) is 25.2 Å². The van der Waals surface area contributed by atoms with E-state index in [1.165, 1.54) is 7.11 Å². The zero-order valence-electron chi connectivity index (χ0n) is 24.1. The maximum absolute atomic E-state index is 12.5. The fourth-order valence-corrected chi connectivity index (χ4v) is 5.40. The molecule has 0 radical (unpaired) electrons. The monoisotopic (exact) mass is 630 g/mol. The number of benzene rings is 4. The summed E-state index contributed by atoms with van der Waals surface area (Å²) in [5.74, 6) is 0.895. The lowest BCUT2D eigenvalue weighted by Gasteiger charge is -2.27. The van der Waals surface area contributed by atoms with E-state index in [9.17, 15) is 10.1 Å². The van der Waals surface area contributed by atoms with E-state index in [1.807, 2.05) is 38.1 Å². The molecular formula is C34H28Cl2N2O6. The number of carbonyl (C=O) groups is 1. The van der Waals surface area contributed by atoms with Crippen molar-refractivity contribution in [1.82, 2.24) is 0 Å². The average Bonchev–Trinajstić information content (AvgIpc) is 2.98. The van der Waals surface area contributed by atoms with Crippen molar-refractivity contribution in [2.45, 2.75) is 26.4 Å². The van der Waals surface area contributed by atoms with Gasteiger partial charge in [-0.1, -0.05) is 47.5 Å². The maximum Gasteiger partial charge on any atom is 0.349 e. The quantitative estimate of drug-likeness (QED) is 0.150. The topological polar surface area (TPSA) is 113 Å². The number of nitrogens with zero attached hydrogens (tertiary/aromatic N) is 1. The number of esters is 1. The first kappa shape index (κ1) is 30.6. The first-order valence-electron chi connectivity index (χ1n) is 13.5. The number of rotatable bonds is 9. The van der Waals surface area contributed by atoms with Crippen LogP contribution in [-0.4, -0.2) is 19.7 Å². The molecule has 44 heavy (non-hydrogen) atoms. The van der Waals surface area contributed by atoms with Crippen molar-refractivity contribution in [3.63, 3.8) is 0 Å². The highest BCUT2D eigenvalue weighted by Crippen LogP contribution is 2.45. The van der Waals surface area contributed by atoms with Crippen molar-refractivity contribution >= 4 is 29.2 Å². The molecule has 0 saturated carbocycles. The van der Waals surface area contributed by atoms with Crippen LogP contribution >= 0.6 is 23.2 Å². The molecule has 0 aromatic heterocycles. The van der Waals surface area contributed by atoms with E-state index in [0.717, 1.165) is 22.3 Å². The lowest BCUT2D eigenvalue weighted by atomic mass is 9.83. The van der Waals surface area contributed by atoms with Gasteiger partial charge in [-0.3, -0.25) is 0 Å². The zero-order chi connectivity index (χ0) is 31.4. The summed E-state index contributed by atoms with van der Waals surface area (Å²) in [5.41, 5.74) is 10.6. The molecule has 4 aromatic rings. The van der Waals surface area contributed by atoms with Crippen LogP contribution in [0.25, 0.3) is 0 Å². The van der Waals surface area contributed by atoms with Gasteiger partial charge in [-0.25, -0.2) is 4.79 Å².